The van der Waals surface area contributed by atoms with Gasteiger partial charge in [-0.15, -0.1) is 11.3 Å². The highest BCUT2D eigenvalue weighted by molar-refractivity contribution is 7.13. The molecule has 0 bridgehead atoms. The van der Waals surface area contributed by atoms with Gasteiger partial charge in [-0.2, -0.15) is 0 Å². The molecule has 0 atom stereocenters. The molecule has 1 heterocycles. The summed E-state index contributed by atoms with van der Waals surface area (Å²) in [5.41, 5.74) is 2.07. The molecule has 146 valence electrons. The number of hydrogen-bond donors (Lipinski definition) is 1. The molecule has 1 N–H and O–H groups in total. The zero-order valence-electron chi connectivity index (χ0n) is 15.6. The van der Waals surface area contributed by atoms with E-state index in [1.54, 1.807) is 12.1 Å². The Bertz CT molecular complexity index is 965. The third-order valence-corrected chi connectivity index (χ3v) is 5.20. The fourth-order valence-electron chi connectivity index (χ4n) is 2.67. The van der Waals surface area contributed by atoms with Crippen LogP contribution in [0.25, 0.3) is 10.6 Å². The zero-order valence-corrected chi connectivity index (χ0v) is 17.2. The summed E-state index contributed by atoms with van der Waals surface area (Å²) >= 11 is 7.67. The van der Waals surface area contributed by atoms with Crippen LogP contribution < -0.4 is 19.5 Å². The van der Waals surface area contributed by atoms with Crippen molar-refractivity contribution in [2.24, 2.45) is 0 Å². The average molecular weight is 419 g/mol. The van der Waals surface area contributed by atoms with Crippen molar-refractivity contribution >= 4 is 34.5 Å². The molecule has 8 heteroatoms. The Morgan fingerprint density at radius 3 is 2.39 bits per heavy atom. The first-order valence-electron chi connectivity index (χ1n) is 8.35. The van der Waals surface area contributed by atoms with Crippen molar-refractivity contribution in [1.82, 2.24) is 4.98 Å². The Balaban J connectivity index is 1.74. The molecule has 0 aliphatic heterocycles. The van der Waals surface area contributed by atoms with Crippen molar-refractivity contribution in [3.05, 3.63) is 52.5 Å². The predicted octanol–water partition coefficient (Wildman–Crippen LogP) is 4.67. The van der Waals surface area contributed by atoms with Crippen molar-refractivity contribution in [3.8, 4) is 27.8 Å². The molecule has 1 amide bonds. The number of ether oxygens (including phenoxy) is 3. The second kappa shape index (κ2) is 8.95. The minimum Gasteiger partial charge on any atom is -0.493 e. The monoisotopic (exact) mass is 418 g/mol. The zero-order chi connectivity index (χ0) is 20.1. The van der Waals surface area contributed by atoms with Crippen LogP contribution in [0, 0.1) is 0 Å². The minimum absolute atomic E-state index is 0.137. The SMILES string of the molecule is COc1cc(NC(=O)Cc2csc(-c3ccccc3Cl)n2)cc(OC)c1OC. The summed E-state index contributed by atoms with van der Waals surface area (Å²) in [6, 6.07) is 10.8. The van der Waals surface area contributed by atoms with Crippen LogP contribution in [0.4, 0.5) is 5.69 Å². The number of amides is 1. The fraction of sp³-hybridized carbons (Fsp3) is 0.200. The molecule has 0 saturated carbocycles. The first-order chi connectivity index (χ1) is 13.5. The molecule has 6 nitrogen and oxygen atoms in total. The lowest BCUT2D eigenvalue weighted by molar-refractivity contribution is -0.115. The van der Waals surface area contributed by atoms with Gasteiger partial charge in [-0.3, -0.25) is 4.79 Å². The summed E-state index contributed by atoms with van der Waals surface area (Å²) in [4.78, 5) is 17.0. The number of aromatic nitrogens is 1. The number of rotatable bonds is 7. The standard InChI is InChI=1S/C20H19ClN2O4S/c1-25-16-8-12(9-17(26-2)19(16)27-3)22-18(24)10-13-11-28-20(23-13)14-6-4-5-7-15(14)21/h4-9,11H,10H2,1-3H3,(H,22,24). The summed E-state index contributed by atoms with van der Waals surface area (Å²) in [5.74, 6) is 1.19. The van der Waals surface area contributed by atoms with E-state index in [2.05, 4.69) is 10.3 Å². The van der Waals surface area contributed by atoms with E-state index in [0.717, 1.165) is 10.6 Å². The molecule has 0 radical (unpaired) electrons. The summed E-state index contributed by atoms with van der Waals surface area (Å²) in [6.45, 7) is 0. The molecule has 28 heavy (non-hydrogen) atoms. The molecule has 0 saturated heterocycles. The lowest BCUT2D eigenvalue weighted by Crippen LogP contribution is -2.15. The van der Waals surface area contributed by atoms with Gasteiger partial charge >= 0.3 is 0 Å². The number of hydrogen-bond acceptors (Lipinski definition) is 6. The lowest BCUT2D eigenvalue weighted by Gasteiger charge is -2.14. The highest BCUT2D eigenvalue weighted by Crippen LogP contribution is 2.40. The van der Waals surface area contributed by atoms with Crippen LogP contribution >= 0.6 is 22.9 Å². The van der Waals surface area contributed by atoms with Gasteiger partial charge in [0.2, 0.25) is 11.7 Å². The molecule has 2 aromatic carbocycles. The van der Waals surface area contributed by atoms with Gasteiger partial charge < -0.3 is 19.5 Å². The Kier molecular flexibility index (Phi) is 6.38. The average Bonchev–Trinajstić information content (AvgIpc) is 3.15. The van der Waals surface area contributed by atoms with Crippen LogP contribution in [0.2, 0.25) is 5.02 Å². The molecule has 3 rings (SSSR count). The van der Waals surface area contributed by atoms with Crippen molar-refractivity contribution in [2.45, 2.75) is 6.42 Å². The molecule has 0 aliphatic carbocycles. The maximum absolute atomic E-state index is 12.5. The van der Waals surface area contributed by atoms with Gasteiger partial charge in [0.15, 0.2) is 11.5 Å². The third-order valence-electron chi connectivity index (χ3n) is 3.95. The molecule has 0 aliphatic rings. The van der Waals surface area contributed by atoms with E-state index in [4.69, 9.17) is 25.8 Å². The minimum atomic E-state index is -0.203. The second-order valence-electron chi connectivity index (χ2n) is 5.76. The summed E-state index contributed by atoms with van der Waals surface area (Å²) < 4.78 is 15.9. The maximum atomic E-state index is 12.5. The van der Waals surface area contributed by atoms with Crippen LogP contribution in [0.15, 0.2) is 41.8 Å². The van der Waals surface area contributed by atoms with E-state index in [1.807, 2.05) is 29.6 Å². The molecule has 3 aromatic rings. The van der Waals surface area contributed by atoms with E-state index >= 15 is 0 Å². The van der Waals surface area contributed by atoms with Crippen molar-refractivity contribution in [3.63, 3.8) is 0 Å². The molecule has 0 spiro atoms. The number of carbonyl (C=O) groups excluding carboxylic acids is 1. The van der Waals surface area contributed by atoms with E-state index in [-0.39, 0.29) is 12.3 Å². The van der Waals surface area contributed by atoms with E-state index in [0.29, 0.717) is 33.7 Å². The van der Waals surface area contributed by atoms with Crippen molar-refractivity contribution in [2.75, 3.05) is 26.6 Å². The summed E-state index contributed by atoms with van der Waals surface area (Å²) in [5, 5.41) is 6.10. The lowest BCUT2D eigenvalue weighted by atomic mass is 10.2. The highest BCUT2D eigenvalue weighted by Gasteiger charge is 2.16. The number of halogens is 1. The molecular weight excluding hydrogens is 400 g/mol. The van der Waals surface area contributed by atoms with Gasteiger partial charge in [-0.25, -0.2) is 4.98 Å². The van der Waals surface area contributed by atoms with Crippen LogP contribution in [0.3, 0.4) is 0 Å². The third kappa shape index (κ3) is 4.37. The van der Waals surface area contributed by atoms with E-state index in [9.17, 15) is 4.79 Å². The Morgan fingerprint density at radius 2 is 1.79 bits per heavy atom. The van der Waals surface area contributed by atoms with Gasteiger partial charge in [-0.05, 0) is 6.07 Å². The van der Waals surface area contributed by atoms with E-state index in [1.165, 1.54) is 32.7 Å². The fourth-order valence-corrected chi connectivity index (χ4v) is 3.81. The van der Waals surface area contributed by atoms with E-state index < -0.39 is 0 Å². The predicted molar refractivity (Wildman–Crippen MR) is 111 cm³/mol. The van der Waals surface area contributed by atoms with Crippen molar-refractivity contribution in [1.29, 1.82) is 0 Å². The topological polar surface area (TPSA) is 69.7 Å². The smallest absolute Gasteiger partial charge is 0.230 e. The maximum Gasteiger partial charge on any atom is 0.230 e. The van der Waals surface area contributed by atoms with Crippen LogP contribution in [-0.4, -0.2) is 32.2 Å². The number of thiazole rings is 1. The van der Waals surface area contributed by atoms with Gasteiger partial charge in [0, 0.05) is 28.8 Å². The number of nitrogens with zero attached hydrogens (tertiary/aromatic N) is 1. The summed E-state index contributed by atoms with van der Waals surface area (Å²) in [6.07, 6.45) is 0.137. The number of methoxy groups -OCH3 is 3. The summed E-state index contributed by atoms with van der Waals surface area (Å²) in [7, 11) is 4.57. The van der Waals surface area contributed by atoms with Gasteiger partial charge in [0.05, 0.1) is 38.5 Å². The van der Waals surface area contributed by atoms with Gasteiger partial charge in [-0.1, -0.05) is 29.8 Å². The molecule has 0 unspecified atom stereocenters. The number of anilines is 1. The van der Waals surface area contributed by atoms with Crippen LogP contribution in [0.1, 0.15) is 5.69 Å². The Labute approximate surface area is 172 Å². The first-order valence-corrected chi connectivity index (χ1v) is 9.60. The highest BCUT2D eigenvalue weighted by atomic mass is 35.5. The van der Waals surface area contributed by atoms with Crippen LogP contribution in [-0.2, 0) is 11.2 Å². The quantitative estimate of drug-likeness (QED) is 0.603. The Hall–Kier alpha value is -2.77. The second-order valence-corrected chi connectivity index (χ2v) is 7.03. The number of nitrogens with one attached hydrogen (secondary N) is 1. The normalized spacial score (nSPS) is 10.4. The Morgan fingerprint density at radius 1 is 1.11 bits per heavy atom. The molecule has 0 fully saturated rings. The largest absolute Gasteiger partial charge is 0.493 e. The van der Waals surface area contributed by atoms with Gasteiger partial charge in [0.25, 0.3) is 0 Å². The first kappa shape index (κ1) is 20.0. The van der Waals surface area contributed by atoms with Crippen LogP contribution in [0.5, 0.6) is 17.2 Å². The molecular formula is C20H19ClN2O4S. The molecule has 1 aromatic heterocycles. The number of benzene rings is 2. The number of carbonyl (C=O) groups is 1. The van der Waals surface area contributed by atoms with Gasteiger partial charge in [0.1, 0.15) is 5.01 Å². The van der Waals surface area contributed by atoms with Crippen molar-refractivity contribution < 1.29 is 19.0 Å².